The molecular formula is C21H32FN3O4S. The van der Waals surface area contributed by atoms with E-state index in [2.05, 4.69) is 0 Å². The molecule has 2 aliphatic heterocycles. The number of nitrogens with zero attached hydrogens (tertiary/aromatic N) is 3. The third-order valence-corrected chi connectivity index (χ3v) is 7.54. The molecule has 0 spiro atoms. The van der Waals surface area contributed by atoms with Crippen molar-refractivity contribution in [2.24, 2.45) is 0 Å². The molecule has 2 fully saturated rings. The molecule has 1 unspecified atom stereocenters. The maximum Gasteiger partial charge on any atom is 0.410 e. The summed E-state index contributed by atoms with van der Waals surface area (Å²) in [4.78, 5) is 15.9. The molecule has 0 N–H and O–H groups in total. The zero-order chi connectivity index (χ0) is 22.1. The van der Waals surface area contributed by atoms with Gasteiger partial charge in [-0.1, -0.05) is 6.07 Å². The molecule has 2 aliphatic rings. The number of hydrogen-bond donors (Lipinski definition) is 0. The first-order chi connectivity index (χ1) is 14.0. The van der Waals surface area contributed by atoms with Crippen LogP contribution in [0.1, 0.15) is 46.1 Å². The van der Waals surface area contributed by atoms with E-state index >= 15 is 0 Å². The van der Waals surface area contributed by atoms with Gasteiger partial charge in [0.2, 0.25) is 10.0 Å². The molecule has 7 nitrogen and oxygen atoms in total. The number of benzene rings is 1. The maximum atomic E-state index is 14.8. The highest BCUT2D eigenvalue weighted by Gasteiger charge is 2.32. The first-order valence-electron chi connectivity index (χ1n) is 10.5. The van der Waals surface area contributed by atoms with Gasteiger partial charge in [0.15, 0.2) is 0 Å². The summed E-state index contributed by atoms with van der Waals surface area (Å²) in [6.45, 7) is 9.59. The zero-order valence-electron chi connectivity index (χ0n) is 18.2. The van der Waals surface area contributed by atoms with Crippen molar-refractivity contribution in [3.63, 3.8) is 0 Å². The van der Waals surface area contributed by atoms with Crippen molar-refractivity contribution in [2.45, 2.75) is 58.7 Å². The van der Waals surface area contributed by atoms with Gasteiger partial charge >= 0.3 is 6.09 Å². The molecule has 0 aliphatic carbocycles. The highest BCUT2D eigenvalue weighted by Crippen LogP contribution is 2.26. The van der Waals surface area contributed by atoms with E-state index in [4.69, 9.17) is 4.74 Å². The van der Waals surface area contributed by atoms with Crippen molar-refractivity contribution in [3.05, 3.63) is 29.6 Å². The molecule has 2 heterocycles. The minimum absolute atomic E-state index is 0.0576. The van der Waals surface area contributed by atoms with Crippen molar-refractivity contribution in [1.82, 2.24) is 9.21 Å². The van der Waals surface area contributed by atoms with Crippen LogP contribution in [0.4, 0.5) is 14.9 Å². The van der Waals surface area contributed by atoms with Gasteiger partial charge in [0, 0.05) is 50.0 Å². The second-order valence-electron chi connectivity index (χ2n) is 9.08. The van der Waals surface area contributed by atoms with Crippen LogP contribution < -0.4 is 4.90 Å². The SMILES string of the molecule is CC1CCCS(=O)(=O)N1Cc1ccc(N2CCN(C(=O)OC(C)(C)C)CC2)cc1F. The second kappa shape index (κ2) is 8.70. The van der Waals surface area contributed by atoms with E-state index in [1.54, 1.807) is 11.0 Å². The number of hydrogen-bond acceptors (Lipinski definition) is 5. The van der Waals surface area contributed by atoms with Gasteiger partial charge < -0.3 is 14.5 Å². The van der Waals surface area contributed by atoms with Crippen molar-refractivity contribution < 1.29 is 22.3 Å². The lowest BCUT2D eigenvalue weighted by Crippen LogP contribution is -2.50. The number of piperazine rings is 1. The quantitative estimate of drug-likeness (QED) is 0.721. The number of amides is 1. The van der Waals surface area contributed by atoms with Gasteiger partial charge in [-0.15, -0.1) is 0 Å². The fourth-order valence-corrected chi connectivity index (χ4v) is 5.61. The Labute approximate surface area is 178 Å². The van der Waals surface area contributed by atoms with Gasteiger partial charge in [0.05, 0.1) is 5.75 Å². The van der Waals surface area contributed by atoms with Gasteiger partial charge in [0.25, 0.3) is 0 Å². The molecule has 30 heavy (non-hydrogen) atoms. The highest BCUT2D eigenvalue weighted by atomic mass is 32.2. The number of halogens is 1. The first kappa shape index (κ1) is 22.8. The molecule has 1 aromatic rings. The van der Waals surface area contributed by atoms with Crippen LogP contribution in [0.5, 0.6) is 0 Å². The van der Waals surface area contributed by atoms with Crippen LogP contribution in [0, 0.1) is 5.82 Å². The Balaban J connectivity index is 1.63. The average Bonchev–Trinajstić information content (AvgIpc) is 2.64. The third-order valence-electron chi connectivity index (χ3n) is 5.53. The molecule has 168 valence electrons. The van der Waals surface area contributed by atoms with Crippen LogP contribution in [-0.4, -0.2) is 67.3 Å². The van der Waals surface area contributed by atoms with Crippen LogP contribution >= 0.6 is 0 Å². The van der Waals surface area contributed by atoms with E-state index in [-0.39, 0.29) is 24.4 Å². The summed E-state index contributed by atoms with van der Waals surface area (Å²) in [5.74, 6) is -0.283. The third kappa shape index (κ3) is 5.43. The molecule has 2 saturated heterocycles. The summed E-state index contributed by atoms with van der Waals surface area (Å²) in [6, 6.07) is 4.83. The zero-order valence-corrected chi connectivity index (χ0v) is 19.0. The Morgan fingerprint density at radius 2 is 1.87 bits per heavy atom. The number of rotatable bonds is 3. The highest BCUT2D eigenvalue weighted by molar-refractivity contribution is 7.89. The van der Waals surface area contributed by atoms with Crippen molar-refractivity contribution in [3.8, 4) is 0 Å². The van der Waals surface area contributed by atoms with E-state index in [0.717, 1.165) is 12.1 Å². The van der Waals surface area contributed by atoms with E-state index in [1.807, 2.05) is 38.7 Å². The van der Waals surface area contributed by atoms with E-state index in [9.17, 15) is 17.6 Å². The van der Waals surface area contributed by atoms with E-state index in [1.165, 1.54) is 10.4 Å². The fraction of sp³-hybridized carbons (Fsp3) is 0.667. The largest absolute Gasteiger partial charge is 0.444 e. The van der Waals surface area contributed by atoms with Gasteiger partial charge in [0.1, 0.15) is 11.4 Å². The van der Waals surface area contributed by atoms with Crippen LogP contribution in [0.2, 0.25) is 0 Å². The number of sulfonamides is 1. The lowest BCUT2D eigenvalue weighted by Gasteiger charge is -2.37. The Bertz CT molecular complexity index is 877. The van der Waals surface area contributed by atoms with E-state index in [0.29, 0.717) is 38.2 Å². The normalized spacial score (nSPS) is 22.8. The second-order valence-corrected chi connectivity index (χ2v) is 11.1. The first-order valence-corrected chi connectivity index (χ1v) is 12.1. The smallest absolute Gasteiger partial charge is 0.410 e. The maximum absolute atomic E-state index is 14.8. The number of anilines is 1. The molecule has 1 atom stereocenters. The number of carbonyl (C=O) groups is 1. The molecule has 1 amide bonds. The molecule has 1 aromatic carbocycles. The number of ether oxygens (including phenoxy) is 1. The summed E-state index contributed by atoms with van der Waals surface area (Å²) < 4.78 is 46.3. The van der Waals surface area contributed by atoms with Gasteiger partial charge in [-0.05, 0) is 52.7 Å². The Kier molecular flexibility index (Phi) is 6.62. The van der Waals surface area contributed by atoms with Crippen LogP contribution in [0.3, 0.4) is 0 Å². The van der Waals surface area contributed by atoms with Crippen molar-refractivity contribution in [1.29, 1.82) is 0 Å². The summed E-state index contributed by atoms with van der Waals surface area (Å²) in [7, 11) is -3.34. The van der Waals surface area contributed by atoms with Gasteiger partial charge in [-0.2, -0.15) is 4.31 Å². The van der Waals surface area contributed by atoms with Crippen LogP contribution in [0.25, 0.3) is 0 Å². The Morgan fingerprint density at radius 3 is 2.43 bits per heavy atom. The Morgan fingerprint density at radius 1 is 1.20 bits per heavy atom. The number of carbonyl (C=O) groups excluding carboxylic acids is 1. The average molecular weight is 442 g/mol. The molecule has 0 aromatic heterocycles. The molecule has 0 bridgehead atoms. The standard InChI is InChI=1S/C21H32FN3O4S/c1-16-6-5-13-30(27,28)25(16)15-17-7-8-18(14-19(17)22)23-9-11-24(12-10-23)20(26)29-21(2,3)4/h7-8,14,16H,5-6,9-13,15H2,1-4H3. The molecular weight excluding hydrogens is 409 g/mol. The molecule has 0 saturated carbocycles. The summed E-state index contributed by atoms with van der Waals surface area (Å²) >= 11 is 0. The monoisotopic (exact) mass is 441 g/mol. The lowest BCUT2D eigenvalue weighted by atomic mass is 10.1. The van der Waals surface area contributed by atoms with Crippen molar-refractivity contribution in [2.75, 3.05) is 36.8 Å². The topological polar surface area (TPSA) is 70.2 Å². The predicted molar refractivity (Wildman–Crippen MR) is 114 cm³/mol. The summed E-state index contributed by atoms with van der Waals surface area (Å²) in [6.07, 6.45) is 1.11. The minimum atomic E-state index is -3.34. The molecule has 3 rings (SSSR count). The molecule has 9 heteroatoms. The molecule has 0 radical (unpaired) electrons. The van der Waals surface area contributed by atoms with Gasteiger partial charge in [-0.3, -0.25) is 0 Å². The van der Waals surface area contributed by atoms with Crippen LogP contribution in [0.15, 0.2) is 18.2 Å². The minimum Gasteiger partial charge on any atom is -0.444 e. The van der Waals surface area contributed by atoms with E-state index < -0.39 is 21.4 Å². The predicted octanol–water partition coefficient (Wildman–Crippen LogP) is 3.20. The van der Waals surface area contributed by atoms with Crippen LogP contribution in [-0.2, 0) is 21.3 Å². The van der Waals surface area contributed by atoms with Crippen molar-refractivity contribution >= 4 is 21.8 Å². The summed E-state index contributed by atoms with van der Waals surface area (Å²) in [5, 5.41) is 0. The Hall–Kier alpha value is -1.87. The van der Waals surface area contributed by atoms with Gasteiger partial charge in [-0.25, -0.2) is 17.6 Å². The lowest BCUT2D eigenvalue weighted by molar-refractivity contribution is 0.0240. The fourth-order valence-electron chi connectivity index (χ4n) is 3.85. The summed E-state index contributed by atoms with van der Waals surface area (Å²) in [5.41, 5.74) is 0.574.